The minimum Gasteiger partial charge on any atom is -0.496 e. The zero-order valence-corrected chi connectivity index (χ0v) is 13.8. The molecule has 2 aliphatic carbocycles. The summed E-state index contributed by atoms with van der Waals surface area (Å²) in [4.78, 5) is 4.75. The second-order valence-electron chi connectivity index (χ2n) is 6.55. The minimum atomic E-state index is -0.126. The molecule has 5 nitrogen and oxygen atoms in total. The molecule has 3 rings (SSSR count). The van der Waals surface area contributed by atoms with E-state index in [9.17, 15) is 5.11 Å². The first-order valence-corrected chi connectivity index (χ1v) is 8.62. The molecule has 0 spiro atoms. The predicted molar refractivity (Wildman–Crippen MR) is 91.7 cm³/mol. The summed E-state index contributed by atoms with van der Waals surface area (Å²) < 4.78 is 5.39. The smallest absolute Gasteiger partial charge is 0.192 e. The van der Waals surface area contributed by atoms with E-state index >= 15 is 0 Å². The number of benzene rings is 1. The number of aliphatic hydroxyl groups is 1. The quantitative estimate of drug-likeness (QED) is 0.575. The van der Waals surface area contributed by atoms with Gasteiger partial charge in [-0.3, -0.25) is 0 Å². The van der Waals surface area contributed by atoms with Crippen molar-refractivity contribution in [3.63, 3.8) is 0 Å². The highest BCUT2D eigenvalue weighted by molar-refractivity contribution is 5.80. The SMILES string of the molecule is COc1ccccc1CN=C(NC1CCC(O)CC1)NC1CC1. The Morgan fingerprint density at radius 1 is 1.09 bits per heavy atom. The Morgan fingerprint density at radius 2 is 1.70 bits per heavy atom. The molecule has 2 aliphatic rings. The predicted octanol–water partition coefficient (Wildman–Crippen LogP) is 2.20. The Kier molecular flexibility index (Phi) is 5.39. The first kappa shape index (κ1) is 16.1. The first-order valence-electron chi connectivity index (χ1n) is 8.62. The Morgan fingerprint density at radius 3 is 2.30 bits per heavy atom. The third-order valence-corrected chi connectivity index (χ3v) is 4.56. The van der Waals surface area contributed by atoms with E-state index in [0.29, 0.717) is 18.6 Å². The van der Waals surface area contributed by atoms with Crippen LogP contribution in [-0.4, -0.2) is 36.4 Å². The first-order chi connectivity index (χ1) is 11.2. The van der Waals surface area contributed by atoms with Crippen molar-refractivity contribution >= 4 is 5.96 Å². The van der Waals surface area contributed by atoms with Crippen LogP contribution in [0.2, 0.25) is 0 Å². The van der Waals surface area contributed by atoms with E-state index in [0.717, 1.165) is 43.0 Å². The number of aliphatic hydroxyl groups excluding tert-OH is 1. The lowest BCUT2D eigenvalue weighted by atomic mass is 9.93. The third-order valence-electron chi connectivity index (χ3n) is 4.56. The average Bonchev–Trinajstić information content (AvgIpc) is 3.39. The van der Waals surface area contributed by atoms with Crippen molar-refractivity contribution in [2.45, 2.75) is 63.3 Å². The van der Waals surface area contributed by atoms with Gasteiger partial charge in [-0.1, -0.05) is 18.2 Å². The van der Waals surface area contributed by atoms with Gasteiger partial charge in [-0.2, -0.15) is 0 Å². The number of para-hydroxylation sites is 1. The van der Waals surface area contributed by atoms with Crippen molar-refractivity contribution in [3.05, 3.63) is 29.8 Å². The van der Waals surface area contributed by atoms with Crippen molar-refractivity contribution in [1.82, 2.24) is 10.6 Å². The van der Waals surface area contributed by atoms with Crippen LogP contribution < -0.4 is 15.4 Å². The Bertz CT molecular complexity index is 535. The van der Waals surface area contributed by atoms with Crippen molar-refractivity contribution in [3.8, 4) is 5.75 Å². The van der Waals surface area contributed by atoms with E-state index < -0.39 is 0 Å². The maximum atomic E-state index is 9.64. The molecule has 1 aromatic rings. The highest BCUT2D eigenvalue weighted by atomic mass is 16.5. The molecular formula is C18H27N3O2. The molecule has 3 N–H and O–H groups in total. The van der Waals surface area contributed by atoms with Gasteiger partial charge in [-0.25, -0.2) is 4.99 Å². The summed E-state index contributed by atoms with van der Waals surface area (Å²) in [7, 11) is 1.69. The van der Waals surface area contributed by atoms with Gasteiger partial charge < -0.3 is 20.5 Å². The molecule has 2 fully saturated rings. The summed E-state index contributed by atoms with van der Waals surface area (Å²) in [5, 5.41) is 16.7. The second kappa shape index (κ2) is 7.68. The van der Waals surface area contributed by atoms with Gasteiger partial charge in [0, 0.05) is 17.6 Å². The summed E-state index contributed by atoms with van der Waals surface area (Å²) in [6.07, 6.45) is 6.07. The largest absolute Gasteiger partial charge is 0.496 e. The number of hydrogen-bond donors (Lipinski definition) is 3. The Labute approximate surface area is 138 Å². The van der Waals surface area contributed by atoms with Gasteiger partial charge in [0.15, 0.2) is 5.96 Å². The maximum absolute atomic E-state index is 9.64. The molecule has 0 bridgehead atoms. The van der Waals surface area contributed by atoms with E-state index in [1.807, 2.05) is 24.3 Å². The topological polar surface area (TPSA) is 65.9 Å². The van der Waals surface area contributed by atoms with Crippen LogP contribution in [0.3, 0.4) is 0 Å². The lowest BCUT2D eigenvalue weighted by Crippen LogP contribution is -2.46. The molecule has 2 saturated carbocycles. The van der Waals surface area contributed by atoms with Gasteiger partial charge in [-0.05, 0) is 44.6 Å². The average molecular weight is 317 g/mol. The monoisotopic (exact) mass is 317 g/mol. The van der Waals surface area contributed by atoms with Crippen LogP contribution >= 0.6 is 0 Å². The van der Waals surface area contributed by atoms with Crippen LogP contribution in [0.4, 0.5) is 0 Å². The van der Waals surface area contributed by atoms with Crippen molar-refractivity contribution in [2.24, 2.45) is 4.99 Å². The van der Waals surface area contributed by atoms with E-state index in [-0.39, 0.29) is 6.10 Å². The van der Waals surface area contributed by atoms with Crippen molar-refractivity contribution in [1.29, 1.82) is 0 Å². The maximum Gasteiger partial charge on any atom is 0.192 e. The van der Waals surface area contributed by atoms with Gasteiger partial charge >= 0.3 is 0 Å². The summed E-state index contributed by atoms with van der Waals surface area (Å²) in [6.45, 7) is 0.599. The normalized spacial score (nSPS) is 25.0. The molecule has 0 saturated heterocycles. The van der Waals surface area contributed by atoms with Crippen LogP contribution in [-0.2, 0) is 6.54 Å². The van der Waals surface area contributed by atoms with E-state index in [1.165, 1.54) is 12.8 Å². The molecule has 1 aromatic carbocycles. The van der Waals surface area contributed by atoms with E-state index in [2.05, 4.69) is 10.6 Å². The number of methoxy groups -OCH3 is 1. The number of aliphatic imine (C=N–C) groups is 1. The number of ether oxygens (including phenoxy) is 1. The molecule has 126 valence electrons. The molecule has 0 heterocycles. The van der Waals surface area contributed by atoms with E-state index in [1.54, 1.807) is 7.11 Å². The summed E-state index contributed by atoms with van der Waals surface area (Å²) in [6, 6.07) is 8.97. The number of nitrogens with one attached hydrogen (secondary N) is 2. The molecule has 0 unspecified atom stereocenters. The summed E-state index contributed by atoms with van der Waals surface area (Å²) in [5.74, 6) is 1.77. The summed E-state index contributed by atoms with van der Waals surface area (Å²) in [5.41, 5.74) is 1.09. The third kappa shape index (κ3) is 4.86. The fraction of sp³-hybridized carbons (Fsp3) is 0.611. The van der Waals surface area contributed by atoms with Gasteiger partial charge in [0.2, 0.25) is 0 Å². The van der Waals surface area contributed by atoms with Crippen molar-refractivity contribution in [2.75, 3.05) is 7.11 Å². The number of guanidine groups is 1. The molecule has 0 aliphatic heterocycles. The molecule has 0 atom stereocenters. The molecule has 23 heavy (non-hydrogen) atoms. The standard InChI is InChI=1S/C18H27N3O2/c1-23-17-5-3-2-4-13(17)12-19-18(20-14-6-7-14)21-15-8-10-16(22)11-9-15/h2-5,14-16,22H,6-12H2,1H3,(H2,19,20,21). The van der Waals surface area contributed by atoms with Gasteiger partial charge in [0.05, 0.1) is 19.8 Å². The van der Waals surface area contributed by atoms with Crippen LogP contribution in [0.15, 0.2) is 29.3 Å². The zero-order valence-electron chi connectivity index (χ0n) is 13.8. The van der Waals surface area contributed by atoms with Crippen LogP contribution in [0, 0.1) is 0 Å². The van der Waals surface area contributed by atoms with Gasteiger partial charge in [0.1, 0.15) is 5.75 Å². The second-order valence-corrected chi connectivity index (χ2v) is 6.55. The van der Waals surface area contributed by atoms with Gasteiger partial charge in [0.25, 0.3) is 0 Å². The molecule has 0 aromatic heterocycles. The highest BCUT2D eigenvalue weighted by Crippen LogP contribution is 2.21. The lowest BCUT2D eigenvalue weighted by Gasteiger charge is -2.27. The van der Waals surface area contributed by atoms with Gasteiger partial charge in [-0.15, -0.1) is 0 Å². The Hall–Kier alpha value is -1.75. The van der Waals surface area contributed by atoms with E-state index in [4.69, 9.17) is 9.73 Å². The zero-order chi connectivity index (χ0) is 16.1. The van der Waals surface area contributed by atoms with Crippen LogP contribution in [0.25, 0.3) is 0 Å². The lowest BCUT2D eigenvalue weighted by molar-refractivity contribution is 0.120. The van der Waals surface area contributed by atoms with Crippen LogP contribution in [0.5, 0.6) is 5.75 Å². The minimum absolute atomic E-state index is 0.126. The molecular weight excluding hydrogens is 290 g/mol. The molecule has 0 radical (unpaired) electrons. The summed E-state index contributed by atoms with van der Waals surface area (Å²) >= 11 is 0. The molecule has 5 heteroatoms. The fourth-order valence-corrected chi connectivity index (χ4v) is 2.97. The Balaban J connectivity index is 1.63. The highest BCUT2D eigenvalue weighted by Gasteiger charge is 2.25. The molecule has 0 amide bonds. The van der Waals surface area contributed by atoms with Crippen LogP contribution in [0.1, 0.15) is 44.1 Å². The number of rotatable bonds is 5. The fourth-order valence-electron chi connectivity index (χ4n) is 2.97. The number of hydrogen-bond acceptors (Lipinski definition) is 3. The number of nitrogens with zero attached hydrogens (tertiary/aromatic N) is 1. The van der Waals surface area contributed by atoms with Crippen molar-refractivity contribution < 1.29 is 9.84 Å².